The zero-order valence-corrected chi connectivity index (χ0v) is 10.2. The van der Waals surface area contributed by atoms with Crippen molar-refractivity contribution in [3.63, 3.8) is 0 Å². The molecule has 0 amide bonds. The Kier molecular flexibility index (Phi) is 4.26. The van der Waals surface area contributed by atoms with Crippen molar-refractivity contribution in [3.8, 4) is 0 Å². The summed E-state index contributed by atoms with van der Waals surface area (Å²) in [5.74, 6) is 6.39. The van der Waals surface area contributed by atoms with E-state index in [0.29, 0.717) is 11.6 Å². The number of H-pyrrole nitrogens is 1. The molecular weight excluding hydrogens is 234 g/mol. The van der Waals surface area contributed by atoms with Gasteiger partial charge in [-0.3, -0.25) is 10.5 Å². The third-order valence-corrected chi connectivity index (χ3v) is 2.51. The summed E-state index contributed by atoms with van der Waals surface area (Å²) in [7, 11) is 1.70. The minimum Gasteiger partial charge on any atom is -0.385 e. The minimum atomic E-state index is 0.353. The van der Waals surface area contributed by atoms with Crippen molar-refractivity contribution in [2.24, 2.45) is 5.84 Å². The van der Waals surface area contributed by atoms with E-state index in [9.17, 15) is 0 Å². The number of rotatable bonds is 7. The van der Waals surface area contributed by atoms with Gasteiger partial charge in [0.15, 0.2) is 5.65 Å². The number of nitrogen functional groups attached to an aromatic ring is 1. The molecular formula is C10H17N7O. The van der Waals surface area contributed by atoms with Gasteiger partial charge in [0.1, 0.15) is 5.82 Å². The van der Waals surface area contributed by atoms with Crippen LogP contribution in [0.25, 0.3) is 11.0 Å². The third kappa shape index (κ3) is 2.84. The number of methoxy groups -OCH3 is 1. The number of fused-ring (bicyclic) bond motifs is 1. The van der Waals surface area contributed by atoms with E-state index < -0.39 is 0 Å². The molecule has 98 valence electrons. The number of ether oxygens (including phenoxy) is 1. The molecule has 0 unspecified atom stereocenters. The number of aromatic nitrogens is 4. The first-order chi connectivity index (χ1) is 8.85. The SMILES string of the molecule is COCCCCNc1nc(NN)nc2[nH]ncc12. The molecule has 0 fully saturated rings. The maximum Gasteiger partial charge on any atom is 0.241 e. The molecule has 0 atom stereocenters. The van der Waals surface area contributed by atoms with Gasteiger partial charge in [0.2, 0.25) is 5.95 Å². The van der Waals surface area contributed by atoms with Crippen molar-refractivity contribution in [2.45, 2.75) is 12.8 Å². The summed E-state index contributed by atoms with van der Waals surface area (Å²) in [6.07, 6.45) is 3.70. The van der Waals surface area contributed by atoms with Crippen molar-refractivity contribution in [1.29, 1.82) is 0 Å². The zero-order valence-electron chi connectivity index (χ0n) is 10.2. The van der Waals surface area contributed by atoms with E-state index in [1.807, 2.05) is 0 Å². The molecule has 0 aromatic carbocycles. The van der Waals surface area contributed by atoms with Gasteiger partial charge in [-0.25, -0.2) is 5.84 Å². The molecule has 0 radical (unpaired) electrons. The van der Waals surface area contributed by atoms with Crippen LogP contribution in [0.15, 0.2) is 6.20 Å². The monoisotopic (exact) mass is 251 g/mol. The Hall–Kier alpha value is -1.93. The Bertz CT molecular complexity index is 498. The lowest BCUT2D eigenvalue weighted by Crippen LogP contribution is -2.12. The summed E-state index contributed by atoms with van der Waals surface area (Å²) in [5.41, 5.74) is 3.08. The molecule has 2 aromatic heterocycles. The van der Waals surface area contributed by atoms with Crippen LogP contribution in [-0.2, 0) is 4.74 Å². The number of hydrogen-bond acceptors (Lipinski definition) is 7. The van der Waals surface area contributed by atoms with Crippen LogP contribution in [-0.4, -0.2) is 40.4 Å². The van der Waals surface area contributed by atoms with Crippen LogP contribution in [0.1, 0.15) is 12.8 Å². The van der Waals surface area contributed by atoms with Crippen molar-refractivity contribution < 1.29 is 4.74 Å². The average molecular weight is 251 g/mol. The van der Waals surface area contributed by atoms with E-state index in [2.05, 4.69) is 30.9 Å². The molecule has 2 rings (SSSR count). The quantitative estimate of drug-likeness (QED) is 0.321. The third-order valence-electron chi connectivity index (χ3n) is 2.51. The summed E-state index contributed by atoms with van der Waals surface area (Å²) in [6, 6.07) is 0. The topological polar surface area (TPSA) is 114 Å². The first-order valence-electron chi connectivity index (χ1n) is 5.75. The van der Waals surface area contributed by atoms with E-state index in [0.717, 1.165) is 37.2 Å². The van der Waals surface area contributed by atoms with Crippen LogP contribution >= 0.6 is 0 Å². The Labute approximate surface area is 104 Å². The number of unbranched alkanes of at least 4 members (excludes halogenated alkanes) is 1. The molecule has 0 saturated heterocycles. The lowest BCUT2D eigenvalue weighted by Gasteiger charge is -2.07. The number of nitrogens with one attached hydrogen (secondary N) is 3. The van der Waals surface area contributed by atoms with Crippen LogP contribution in [0.2, 0.25) is 0 Å². The van der Waals surface area contributed by atoms with E-state index in [1.165, 1.54) is 0 Å². The van der Waals surface area contributed by atoms with Crippen LogP contribution in [0, 0.1) is 0 Å². The summed E-state index contributed by atoms with van der Waals surface area (Å²) >= 11 is 0. The van der Waals surface area contributed by atoms with Gasteiger partial charge in [-0.05, 0) is 12.8 Å². The molecule has 0 saturated carbocycles. The lowest BCUT2D eigenvalue weighted by molar-refractivity contribution is 0.194. The fourth-order valence-corrected chi connectivity index (χ4v) is 1.61. The lowest BCUT2D eigenvalue weighted by atomic mass is 10.3. The minimum absolute atomic E-state index is 0.353. The second-order valence-electron chi connectivity index (χ2n) is 3.80. The molecule has 0 aliphatic rings. The maximum atomic E-state index is 5.32. The fraction of sp³-hybridized carbons (Fsp3) is 0.500. The first kappa shape index (κ1) is 12.5. The molecule has 2 aromatic rings. The molecule has 5 N–H and O–H groups in total. The van der Waals surface area contributed by atoms with Gasteiger partial charge >= 0.3 is 0 Å². The highest BCUT2D eigenvalue weighted by molar-refractivity contribution is 5.86. The van der Waals surface area contributed by atoms with Crippen molar-refractivity contribution >= 4 is 22.8 Å². The van der Waals surface area contributed by atoms with Crippen LogP contribution in [0.5, 0.6) is 0 Å². The first-order valence-corrected chi connectivity index (χ1v) is 5.75. The summed E-state index contributed by atoms with van der Waals surface area (Å²) in [4.78, 5) is 8.41. The zero-order chi connectivity index (χ0) is 12.8. The summed E-state index contributed by atoms with van der Waals surface area (Å²) < 4.78 is 4.99. The summed E-state index contributed by atoms with van der Waals surface area (Å²) in [6.45, 7) is 1.58. The standard InChI is InChI=1S/C10H17N7O/c1-18-5-3-2-4-12-8-7-6-13-17-9(7)15-10(14-8)16-11/h6H,2-5,11H2,1H3,(H3,12,13,14,15,16,17). The van der Waals surface area contributed by atoms with Crippen LogP contribution in [0.3, 0.4) is 0 Å². The van der Waals surface area contributed by atoms with Crippen LogP contribution < -0.4 is 16.6 Å². The molecule has 8 nitrogen and oxygen atoms in total. The number of hydrazine groups is 1. The van der Waals surface area contributed by atoms with Gasteiger partial charge in [0.25, 0.3) is 0 Å². The van der Waals surface area contributed by atoms with E-state index in [4.69, 9.17) is 10.6 Å². The normalized spacial score (nSPS) is 10.8. The highest BCUT2D eigenvalue weighted by Gasteiger charge is 2.08. The fourth-order valence-electron chi connectivity index (χ4n) is 1.61. The number of hydrogen-bond donors (Lipinski definition) is 4. The van der Waals surface area contributed by atoms with Crippen molar-refractivity contribution in [1.82, 2.24) is 20.2 Å². The van der Waals surface area contributed by atoms with E-state index in [-0.39, 0.29) is 0 Å². The maximum absolute atomic E-state index is 5.32. The predicted octanol–water partition coefficient (Wildman–Crippen LogP) is 0.477. The molecule has 2 heterocycles. The molecule has 0 aliphatic heterocycles. The molecule has 0 bridgehead atoms. The van der Waals surface area contributed by atoms with E-state index in [1.54, 1.807) is 13.3 Å². The Balaban J connectivity index is 2.04. The van der Waals surface area contributed by atoms with Crippen molar-refractivity contribution in [3.05, 3.63) is 6.20 Å². The van der Waals surface area contributed by atoms with E-state index >= 15 is 0 Å². The largest absolute Gasteiger partial charge is 0.385 e. The Morgan fingerprint density at radius 3 is 3.06 bits per heavy atom. The number of anilines is 2. The van der Waals surface area contributed by atoms with Gasteiger partial charge < -0.3 is 10.1 Å². The van der Waals surface area contributed by atoms with Gasteiger partial charge in [0.05, 0.1) is 11.6 Å². The van der Waals surface area contributed by atoms with Gasteiger partial charge in [-0.2, -0.15) is 15.1 Å². The summed E-state index contributed by atoms with van der Waals surface area (Å²) in [5, 5.41) is 10.8. The number of nitrogens with zero attached hydrogens (tertiary/aromatic N) is 3. The molecule has 8 heteroatoms. The highest BCUT2D eigenvalue weighted by Crippen LogP contribution is 2.19. The highest BCUT2D eigenvalue weighted by atomic mass is 16.5. The molecule has 0 spiro atoms. The van der Waals surface area contributed by atoms with Gasteiger partial charge in [-0.1, -0.05) is 0 Å². The second kappa shape index (κ2) is 6.12. The Morgan fingerprint density at radius 1 is 1.39 bits per heavy atom. The number of aromatic amines is 1. The Morgan fingerprint density at radius 2 is 2.28 bits per heavy atom. The van der Waals surface area contributed by atoms with Crippen molar-refractivity contribution in [2.75, 3.05) is 31.0 Å². The van der Waals surface area contributed by atoms with Crippen LogP contribution in [0.4, 0.5) is 11.8 Å². The van der Waals surface area contributed by atoms with Gasteiger partial charge in [-0.15, -0.1) is 0 Å². The molecule has 0 aliphatic carbocycles. The number of nitrogens with two attached hydrogens (primary N) is 1. The molecule has 18 heavy (non-hydrogen) atoms. The van der Waals surface area contributed by atoms with Gasteiger partial charge in [0, 0.05) is 20.3 Å². The predicted molar refractivity (Wildman–Crippen MR) is 69.1 cm³/mol. The smallest absolute Gasteiger partial charge is 0.241 e. The second-order valence-corrected chi connectivity index (χ2v) is 3.80. The average Bonchev–Trinajstić information content (AvgIpc) is 2.86.